The molecule has 0 saturated carbocycles. The van der Waals surface area contributed by atoms with Crippen LogP contribution in [0.3, 0.4) is 0 Å². The van der Waals surface area contributed by atoms with Crippen molar-refractivity contribution in [1.29, 1.82) is 0 Å². The van der Waals surface area contributed by atoms with Crippen LogP contribution in [0.2, 0.25) is 0 Å². The lowest BCUT2D eigenvalue weighted by Gasteiger charge is -2.01. The molecule has 0 bridgehead atoms. The highest BCUT2D eigenvalue weighted by molar-refractivity contribution is 5.77. The molecule has 0 aliphatic carbocycles. The topological polar surface area (TPSA) is 37.3 Å². The number of hydrogen-bond donors (Lipinski definition) is 1. The van der Waals surface area contributed by atoms with Crippen molar-refractivity contribution in [2.24, 2.45) is 0 Å². The number of unbranched alkanes of at least 4 members (excludes halogenated alkanes) is 7. The maximum absolute atomic E-state index is 11.0. The van der Waals surface area contributed by atoms with Gasteiger partial charge in [-0.2, -0.15) is 0 Å². The minimum Gasteiger partial charge on any atom is -0.396 e. The molecule has 0 aliphatic rings. The molecule has 0 spiro atoms. The van der Waals surface area contributed by atoms with E-state index in [9.17, 15) is 4.79 Å². The average Bonchev–Trinajstić information content (AvgIpc) is 2.26. The Hall–Kier alpha value is -0.370. The van der Waals surface area contributed by atoms with E-state index in [0.29, 0.717) is 18.8 Å². The minimum atomic E-state index is 0.332. The van der Waals surface area contributed by atoms with Crippen LogP contribution in [0.1, 0.15) is 71.1 Å². The van der Waals surface area contributed by atoms with Crippen LogP contribution < -0.4 is 0 Å². The fourth-order valence-corrected chi connectivity index (χ4v) is 1.67. The molecule has 0 saturated heterocycles. The van der Waals surface area contributed by atoms with E-state index in [1.165, 1.54) is 32.1 Å². The molecule has 15 heavy (non-hydrogen) atoms. The van der Waals surface area contributed by atoms with Gasteiger partial charge in [0.2, 0.25) is 0 Å². The smallest absolute Gasteiger partial charge is 0.132 e. The zero-order chi connectivity index (χ0) is 11.4. The lowest BCUT2D eigenvalue weighted by atomic mass is 10.1. The second-order valence-electron chi connectivity index (χ2n) is 4.19. The summed E-state index contributed by atoms with van der Waals surface area (Å²) >= 11 is 0. The lowest BCUT2D eigenvalue weighted by molar-refractivity contribution is -0.118. The highest BCUT2D eigenvalue weighted by Crippen LogP contribution is 2.09. The van der Waals surface area contributed by atoms with E-state index >= 15 is 0 Å². The molecule has 0 amide bonds. The summed E-state index contributed by atoms with van der Waals surface area (Å²) in [5.74, 6) is 0.401. The van der Waals surface area contributed by atoms with Crippen molar-refractivity contribution in [3.05, 3.63) is 0 Å². The number of carbonyl (C=O) groups is 1. The number of aliphatic hydroxyl groups is 1. The van der Waals surface area contributed by atoms with Gasteiger partial charge in [-0.15, -0.1) is 0 Å². The maximum atomic E-state index is 11.0. The van der Waals surface area contributed by atoms with Gasteiger partial charge in [-0.05, 0) is 12.8 Å². The van der Waals surface area contributed by atoms with E-state index in [2.05, 4.69) is 0 Å². The number of hydrogen-bond acceptors (Lipinski definition) is 2. The van der Waals surface area contributed by atoms with Crippen LogP contribution in [0, 0.1) is 0 Å². The Kier molecular flexibility index (Phi) is 11.4. The monoisotopic (exact) mass is 214 g/mol. The first-order chi connectivity index (χ1) is 7.31. The third kappa shape index (κ3) is 11.6. The largest absolute Gasteiger partial charge is 0.396 e. The fourth-order valence-electron chi connectivity index (χ4n) is 1.67. The fraction of sp³-hybridized carbons (Fsp3) is 0.923. The molecular weight excluding hydrogens is 188 g/mol. The third-order valence-electron chi connectivity index (χ3n) is 2.76. The molecule has 0 aromatic carbocycles. The molecule has 90 valence electrons. The second kappa shape index (κ2) is 11.7. The van der Waals surface area contributed by atoms with Crippen LogP contribution in [0.25, 0.3) is 0 Å². The Morgan fingerprint density at radius 1 is 0.867 bits per heavy atom. The van der Waals surface area contributed by atoms with E-state index in [1.54, 1.807) is 0 Å². The quantitative estimate of drug-likeness (QED) is 0.535. The Morgan fingerprint density at radius 3 is 1.80 bits per heavy atom. The molecule has 0 fully saturated rings. The van der Waals surface area contributed by atoms with Crippen molar-refractivity contribution in [2.45, 2.75) is 71.1 Å². The first-order valence-corrected chi connectivity index (χ1v) is 6.43. The molecule has 0 atom stereocenters. The van der Waals surface area contributed by atoms with Crippen LogP contribution >= 0.6 is 0 Å². The van der Waals surface area contributed by atoms with E-state index < -0.39 is 0 Å². The predicted molar refractivity (Wildman–Crippen MR) is 63.9 cm³/mol. The molecule has 0 aromatic heterocycles. The molecule has 0 aromatic rings. The first kappa shape index (κ1) is 14.6. The van der Waals surface area contributed by atoms with Gasteiger partial charge in [0.1, 0.15) is 5.78 Å². The van der Waals surface area contributed by atoms with Crippen LogP contribution in [0.4, 0.5) is 0 Å². The summed E-state index contributed by atoms with van der Waals surface area (Å²) in [4.78, 5) is 11.0. The molecule has 2 heteroatoms. The molecule has 0 aliphatic heterocycles. The van der Waals surface area contributed by atoms with Crippen LogP contribution in [-0.4, -0.2) is 17.5 Å². The highest BCUT2D eigenvalue weighted by atomic mass is 16.2. The van der Waals surface area contributed by atoms with E-state index in [-0.39, 0.29) is 0 Å². The van der Waals surface area contributed by atoms with Gasteiger partial charge < -0.3 is 5.11 Å². The van der Waals surface area contributed by atoms with Gasteiger partial charge in [-0.25, -0.2) is 0 Å². The second-order valence-corrected chi connectivity index (χ2v) is 4.19. The van der Waals surface area contributed by atoms with Gasteiger partial charge in [0.05, 0.1) is 0 Å². The Bertz CT molecular complexity index is 143. The van der Waals surface area contributed by atoms with Crippen molar-refractivity contribution >= 4 is 5.78 Å². The molecule has 0 heterocycles. The van der Waals surface area contributed by atoms with Crippen molar-refractivity contribution in [3.63, 3.8) is 0 Å². The summed E-state index contributed by atoms with van der Waals surface area (Å²) in [5, 5.41) is 8.58. The van der Waals surface area contributed by atoms with Crippen LogP contribution in [0.5, 0.6) is 0 Å². The van der Waals surface area contributed by atoms with Crippen molar-refractivity contribution in [1.82, 2.24) is 0 Å². The molecule has 0 unspecified atom stereocenters. The number of rotatable bonds is 11. The van der Waals surface area contributed by atoms with Crippen molar-refractivity contribution in [3.8, 4) is 0 Å². The highest BCUT2D eigenvalue weighted by Gasteiger charge is 1.97. The normalized spacial score (nSPS) is 10.5. The molecule has 1 N–H and O–H groups in total. The molecule has 2 nitrogen and oxygen atoms in total. The van der Waals surface area contributed by atoms with Gasteiger partial charge in [0.25, 0.3) is 0 Å². The summed E-state index contributed by atoms with van der Waals surface area (Å²) in [6.07, 6.45) is 10.9. The Balaban J connectivity index is 2.95. The van der Waals surface area contributed by atoms with Crippen molar-refractivity contribution in [2.75, 3.05) is 6.61 Å². The minimum absolute atomic E-state index is 0.332. The number of carbonyl (C=O) groups excluding carboxylic acids is 1. The molecule has 0 rings (SSSR count). The van der Waals surface area contributed by atoms with Crippen LogP contribution in [-0.2, 0) is 4.79 Å². The summed E-state index contributed by atoms with van der Waals surface area (Å²) < 4.78 is 0. The third-order valence-corrected chi connectivity index (χ3v) is 2.76. The van der Waals surface area contributed by atoms with E-state index in [0.717, 1.165) is 25.7 Å². The Morgan fingerprint density at radius 2 is 1.33 bits per heavy atom. The van der Waals surface area contributed by atoms with Gasteiger partial charge in [-0.3, -0.25) is 4.79 Å². The standard InChI is InChI=1S/C13H26O2/c1-2-13(15)11-9-7-5-3-4-6-8-10-12-14/h14H,2-12H2,1H3. The summed E-state index contributed by atoms with van der Waals surface area (Å²) in [7, 11) is 0. The van der Waals surface area contributed by atoms with Gasteiger partial charge in [-0.1, -0.05) is 45.4 Å². The maximum Gasteiger partial charge on any atom is 0.132 e. The summed E-state index contributed by atoms with van der Waals surface area (Å²) in [5.41, 5.74) is 0. The van der Waals surface area contributed by atoms with Gasteiger partial charge in [0.15, 0.2) is 0 Å². The van der Waals surface area contributed by atoms with Crippen LogP contribution in [0.15, 0.2) is 0 Å². The Labute approximate surface area is 94.1 Å². The lowest BCUT2D eigenvalue weighted by Crippen LogP contribution is -1.94. The number of ketones is 1. The SMILES string of the molecule is CCC(=O)CCCCCCCCCCO. The van der Waals surface area contributed by atoms with E-state index in [1.807, 2.05) is 6.92 Å². The van der Waals surface area contributed by atoms with E-state index in [4.69, 9.17) is 5.11 Å². The molecule has 0 radical (unpaired) electrons. The number of Topliss-reactive ketones (excluding diaryl/α,β-unsaturated/α-hetero) is 1. The zero-order valence-electron chi connectivity index (χ0n) is 10.1. The molecular formula is C13H26O2. The van der Waals surface area contributed by atoms with Crippen molar-refractivity contribution < 1.29 is 9.90 Å². The number of aliphatic hydroxyl groups excluding tert-OH is 1. The first-order valence-electron chi connectivity index (χ1n) is 6.43. The zero-order valence-corrected chi connectivity index (χ0v) is 10.1. The predicted octanol–water partition coefficient (Wildman–Crippen LogP) is 3.47. The average molecular weight is 214 g/mol. The van der Waals surface area contributed by atoms with Gasteiger partial charge >= 0.3 is 0 Å². The summed E-state index contributed by atoms with van der Waals surface area (Å²) in [6.45, 7) is 2.27. The summed E-state index contributed by atoms with van der Waals surface area (Å²) in [6, 6.07) is 0. The van der Waals surface area contributed by atoms with Gasteiger partial charge in [0, 0.05) is 19.4 Å².